The van der Waals surface area contributed by atoms with Crippen LogP contribution in [0.4, 0.5) is 9.18 Å². The van der Waals surface area contributed by atoms with E-state index in [-0.39, 0.29) is 30.4 Å². The second-order valence-corrected chi connectivity index (χ2v) is 5.85. The number of ether oxygens (including phenoxy) is 1. The molecule has 0 fully saturated rings. The van der Waals surface area contributed by atoms with Crippen molar-refractivity contribution in [3.05, 3.63) is 35.1 Å². The number of halogens is 1. The maximum Gasteiger partial charge on any atom is 0.317 e. The van der Waals surface area contributed by atoms with Crippen molar-refractivity contribution in [2.75, 3.05) is 14.2 Å². The molecule has 1 aromatic rings. The van der Waals surface area contributed by atoms with Gasteiger partial charge >= 0.3 is 12.0 Å². The molecule has 1 rings (SSSR count). The molecule has 1 unspecified atom stereocenters. The van der Waals surface area contributed by atoms with E-state index in [0.29, 0.717) is 30.4 Å². The summed E-state index contributed by atoms with van der Waals surface area (Å²) in [6, 6.07) is 4.90. The molecule has 5 nitrogen and oxygen atoms in total. The molecular formula is C18H27FN2O3. The van der Waals surface area contributed by atoms with Gasteiger partial charge in [-0.15, -0.1) is 0 Å². The van der Waals surface area contributed by atoms with Gasteiger partial charge in [-0.3, -0.25) is 4.79 Å². The lowest BCUT2D eigenvalue weighted by atomic mass is 10.1. The van der Waals surface area contributed by atoms with Gasteiger partial charge in [0.1, 0.15) is 5.82 Å². The van der Waals surface area contributed by atoms with Crippen LogP contribution in [0, 0.1) is 12.7 Å². The van der Waals surface area contributed by atoms with Crippen molar-refractivity contribution in [2.24, 2.45) is 0 Å². The fourth-order valence-corrected chi connectivity index (χ4v) is 2.56. The molecule has 0 aliphatic carbocycles. The summed E-state index contributed by atoms with van der Waals surface area (Å²) in [5.74, 6) is -0.530. The van der Waals surface area contributed by atoms with Gasteiger partial charge in [0.2, 0.25) is 0 Å². The number of rotatable bonds is 8. The minimum absolute atomic E-state index is 0.0250. The zero-order valence-corrected chi connectivity index (χ0v) is 14.9. The SMILES string of the molecule is CCC(CCCC(=O)OC)N(C)C(=O)NCc1cccc(C)c1F. The van der Waals surface area contributed by atoms with Crippen LogP contribution in [0.15, 0.2) is 18.2 Å². The van der Waals surface area contributed by atoms with Crippen molar-refractivity contribution in [1.29, 1.82) is 0 Å². The Morgan fingerprint density at radius 2 is 2.08 bits per heavy atom. The number of aryl methyl sites for hydroxylation is 1. The zero-order chi connectivity index (χ0) is 18.1. The maximum atomic E-state index is 13.9. The summed E-state index contributed by atoms with van der Waals surface area (Å²) in [5, 5.41) is 2.75. The summed E-state index contributed by atoms with van der Waals surface area (Å²) in [6.45, 7) is 3.84. The summed E-state index contributed by atoms with van der Waals surface area (Å²) in [4.78, 5) is 25.0. The van der Waals surface area contributed by atoms with Gasteiger partial charge in [0.25, 0.3) is 0 Å². The molecule has 0 saturated carbocycles. The Morgan fingerprint density at radius 3 is 2.71 bits per heavy atom. The van der Waals surface area contributed by atoms with Crippen LogP contribution in [0.5, 0.6) is 0 Å². The molecule has 0 radical (unpaired) electrons. The molecular weight excluding hydrogens is 311 g/mol. The van der Waals surface area contributed by atoms with Gasteiger partial charge in [-0.05, 0) is 31.7 Å². The minimum Gasteiger partial charge on any atom is -0.469 e. The highest BCUT2D eigenvalue weighted by atomic mass is 19.1. The third-order valence-electron chi connectivity index (χ3n) is 4.19. The van der Waals surface area contributed by atoms with Crippen LogP contribution in [0.3, 0.4) is 0 Å². The van der Waals surface area contributed by atoms with Crippen LogP contribution in [0.25, 0.3) is 0 Å². The van der Waals surface area contributed by atoms with Gasteiger partial charge in [-0.25, -0.2) is 9.18 Å². The summed E-state index contributed by atoms with van der Waals surface area (Å²) in [6.07, 6.45) is 2.50. The van der Waals surface area contributed by atoms with Gasteiger partial charge < -0.3 is 15.0 Å². The molecule has 6 heteroatoms. The van der Waals surface area contributed by atoms with E-state index >= 15 is 0 Å². The molecule has 1 aromatic carbocycles. The Bertz CT molecular complexity index is 563. The summed E-state index contributed by atoms with van der Waals surface area (Å²) < 4.78 is 18.6. The first-order valence-corrected chi connectivity index (χ1v) is 8.22. The van der Waals surface area contributed by atoms with Crippen LogP contribution in [0.1, 0.15) is 43.7 Å². The minimum atomic E-state index is -0.287. The lowest BCUT2D eigenvalue weighted by molar-refractivity contribution is -0.140. The number of esters is 1. The summed E-state index contributed by atoms with van der Waals surface area (Å²) >= 11 is 0. The predicted molar refractivity (Wildman–Crippen MR) is 91.1 cm³/mol. The number of amides is 2. The molecule has 0 bridgehead atoms. The lowest BCUT2D eigenvalue weighted by Gasteiger charge is -2.27. The smallest absolute Gasteiger partial charge is 0.317 e. The number of benzene rings is 1. The average Bonchev–Trinajstić information content (AvgIpc) is 2.58. The molecule has 1 atom stereocenters. The number of methoxy groups -OCH3 is 1. The second kappa shape index (κ2) is 9.90. The molecule has 0 saturated heterocycles. The topological polar surface area (TPSA) is 58.6 Å². The largest absolute Gasteiger partial charge is 0.469 e. The monoisotopic (exact) mass is 338 g/mol. The van der Waals surface area contributed by atoms with Gasteiger partial charge in [0.15, 0.2) is 0 Å². The van der Waals surface area contributed by atoms with Crippen molar-refractivity contribution >= 4 is 12.0 Å². The third-order valence-corrected chi connectivity index (χ3v) is 4.19. The van der Waals surface area contributed by atoms with Crippen LogP contribution in [0.2, 0.25) is 0 Å². The van der Waals surface area contributed by atoms with Gasteiger partial charge in [0.05, 0.1) is 7.11 Å². The molecule has 0 heterocycles. The Morgan fingerprint density at radius 1 is 1.38 bits per heavy atom. The van der Waals surface area contributed by atoms with Crippen LogP contribution in [-0.4, -0.2) is 37.1 Å². The highest BCUT2D eigenvalue weighted by molar-refractivity contribution is 5.74. The Balaban J connectivity index is 2.52. The molecule has 0 aromatic heterocycles. The number of carbonyl (C=O) groups excluding carboxylic acids is 2. The Hall–Kier alpha value is -2.11. The van der Waals surface area contributed by atoms with Gasteiger partial charge in [-0.1, -0.05) is 25.1 Å². The van der Waals surface area contributed by atoms with Crippen molar-refractivity contribution in [3.63, 3.8) is 0 Å². The Kier molecular flexibility index (Phi) is 8.22. The molecule has 0 spiro atoms. The van der Waals surface area contributed by atoms with Crippen LogP contribution in [-0.2, 0) is 16.1 Å². The predicted octanol–water partition coefficient (Wildman–Crippen LogP) is 3.40. The van der Waals surface area contributed by atoms with Crippen molar-refractivity contribution in [1.82, 2.24) is 10.2 Å². The highest BCUT2D eigenvalue weighted by Gasteiger charge is 2.18. The number of nitrogens with zero attached hydrogens (tertiary/aromatic N) is 1. The summed E-state index contributed by atoms with van der Waals surface area (Å²) in [5.41, 5.74) is 1.03. The average molecular weight is 338 g/mol. The van der Waals surface area contributed by atoms with Crippen molar-refractivity contribution in [3.8, 4) is 0 Å². The molecule has 0 aliphatic rings. The van der Waals surface area contributed by atoms with E-state index in [1.807, 2.05) is 6.92 Å². The van der Waals surface area contributed by atoms with E-state index in [1.165, 1.54) is 7.11 Å². The van der Waals surface area contributed by atoms with E-state index < -0.39 is 0 Å². The second-order valence-electron chi connectivity index (χ2n) is 5.85. The van der Waals surface area contributed by atoms with Gasteiger partial charge in [0, 0.05) is 31.6 Å². The first kappa shape index (κ1) is 19.9. The van der Waals surface area contributed by atoms with Crippen LogP contribution >= 0.6 is 0 Å². The summed E-state index contributed by atoms with van der Waals surface area (Å²) in [7, 11) is 3.08. The number of hydrogen-bond acceptors (Lipinski definition) is 3. The van der Waals surface area contributed by atoms with Crippen molar-refractivity contribution in [2.45, 2.75) is 52.1 Å². The van der Waals surface area contributed by atoms with E-state index in [0.717, 1.165) is 6.42 Å². The fourth-order valence-electron chi connectivity index (χ4n) is 2.56. The van der Waals surface area contributed by atoms with E-state index in [1.54, 1.807) is 37.1 Å². The number of hydrogen-bond donors (Lipinski definition) is 1. The first-order valence-electron chi connectivity index (χ1n) is 8.22. The number of nitrogens with one attached hydrogen (secondary N) is 1. The van der Waals surface area contributed by atoms with E-state index in [4.69, 9.17) is 0 Å². The van der Waals surface area contributed by atoms with E-state index in [2.05, 4.69) is 10.1 Å². The maximum absolute atomic E-state index is 13.9. The Labute approximate surface area is 143 Å². The lowest BCUT2D eigenvalue weighted by Crippen LogP contribution is -2.43. The quantitative estimate of drug-likeness (QED) is 0.739. The molecule has 2 amide bonds. The fraction of sp³-hybridized carbons (Fsp3) is 0.556. The molecule has 134 valence electrons. The number of carbonyl (C=O) groups is 2. The zero-order valence-electron chi connectivity index (χ0n) is 14.9. The third kappa shape index (κ3) is 5.83. The van der Waals surface area contributed by atoms with Crippen molar-refractivity contribution < 1.29 is 18.7 Å². The standard InChI is InChI=1S/C18H27FN2O3/c1-5-15(10-7-11-16(22)24-4)21(3)18(23)20-12-14-9-6-8-13(2)17(14)19/h6,8-9,15H,5,7,10-12H2,1-4H3,(H,20,23). The molecule has 24 heavy (non-hydrogen) atoms. The van der Waals surface area contributed by atoms with E-state index in [9.17, 15) is 14.0 Å². The highest BCUT2D eigenvalue weighted by Crippen LogP contribution is 2.14. The van der Waals surface area contributed by atoms with Crippen LogP contribution < -0.4 is 5.32 Å². The normalized spacial score (nSPS) is 11.7. The number of urea groups is 1. The van der Waals surface area contributed by atoms with Gasteiger partial charge in [-0.2, -0.15) is 0 Å². The molecule has 0 aliphatic heterocycles. The first-order chi connectivity index (χ1) is 11.4. The molecule has 1 N–H and O–H groups in total.